The zero-order chi connectivity index (χ0) is 19.9. The molecule has 0 bridgehead atoms. The third-order valence-corrected chi connectivity index (χ3v) is 4.77. The molecule has 0 unspecified atom stereocenters. The van der Waals surface area contributed by atoms with Gasteiger partial charge in [-0.05, 0) is 43.2 Å². The van der Waals surface area contributed by atoms with Crippen molar-refractivity contribution in [1.29, 1.82) is 0 Å². The fourth-order valence-electron chi connectivity index (χ4n) is 3.18. The Morgan fingerprint density at radius 1 is 1.07 bits per heavy atom. The second kappa shape index (κ2) is 9.17. The minimum atomic E-state index is -0.552. The first-order chi connectivity index (χ1) is 13.6. The normalized spacial score (nSPS) is 13.5. The van der Waals surface area contributed by atoms with Crippen LogP contribution in [0.3, 0.4) is 0 Å². The molecule has 28 heavy (non-hydrogen) atoms. The number of anilines is 1. The molecule has 1 aliphatic heterocycles. The highest BCUT2D eigenvalue weighted by molar-refractivity contribution is 5.96. The molecule has 0 saturated carbocycles. The molecular formula is C22H24N2O4. The van der Waals surface area contributed by atoms with E-state index in [1.807, 2.05) is 37.3 Å². The lowest BCUT2D eigenvalue weighted by atomic mass is 10.2. The highest BCUT2D eigenvalue weighted by atomic mass is 16.5. The van der Waals surface area contributed by atoms with Crippen molar-refractivity contribution in [2.24, 2.45) is 0 Å². The van der Waals surface area contributed by atoms with Gasteiger partial charge in [0, 0.05) is 31.7 Å². The summed E-state index contributed by atoms with van der Waals surface area (Å²) in [5, 5.41) is 0. The van der Waals surface area contributed by atoms with Crippen molar-refractivity contribution in [2.75, 3.05) is 24.6 Å². The van der Waals surface area contributed by atoms with Gasteiger partial charge >= 0.3 is 5.97 Å². The van der Waals surface area contributed by atoms with Gasteiger partial charge in [-0.3, -0.25) is 9.59 Å². The lowest BCUT2D eigenvalue weighted by Gasteiger charge is -2.21. The minimum absolute atomic E-state index is 0.0963. The summed E-state index contributed by atoms with van der Waals surface area (Å²) < 4.78 is 5.19. The molecule has 0 aliphatic carbocycles. The maximum absolute atomic E-state index is 12.4. The van der Waals surface area contributed by atoms with Crippen molar-refractivity contribution in [3.05, 3.63) is 65.7 Å². The third kappa shape index (κ3) is 4.76. The summed E-state index contributed by atoms with van der Waals surface area (Å²) in [5.74, 6) is -0.693. The smallest absolute Gasteiger partial charge is 0.338 e. The van der Waals surface area contributed by atoms with Gasteiger partial charge in [0.1, 0.15) is 0 Å². The minimum Gasteiger partial charge on any atom is -0.452 e. The van der Waals surface area contributed by atoms with Gasteiger partial charge in [-0.2, -0.15) is 0 Å². The van der Waals surface area contributed by atoms with Gasteiger partial charge in [-0.1, -0.05) is 30.3 Å². The lowest BCUT2D eigenvalue weighted by Crippen LogP contribution is -2.34. The van der Waals surface area contributed by atoms with Crippen LogP contribution < -0.4 is 4.90 Å². The van der Waals surface area contributed by atoms with Crippen molar-refractivity contribution in [3.8, 4) is 0 Å². The second-order valence-electron chi connectivity index (χ2n) is 6.67. The van der Waals surface area contributed by atoms with Crippen molar-refractivity contribution >= 4 is 23.5 Å². The van der Waals surface area contributed by atoms with Crippen molar-refractivity contribution in [1.82, 2.24) is 4.90 Å². The van der Waals surface area contributed by atoms with Crippen LogP contribution in [0.5, 0.6) is 0 Å². The number of likely N-dealkylation sites (N-methyl/N-ethyl adjacent to an activating group) is 1. The number of hydrogen-bond donors (Lipinski definition) is 0. The van der Waals surface area contributed by atoms with E-state index < -0.39 is 5.97 Å². The molecule has 0 radical (unpaired) electrons. The van der Waals surface area contributed by atoms with Gasteiger partial charge in [0.2, 0.25) is 5.91 Å². The SMILES string of the molecule is CCN(Cc1ccccc1)C(=O)COC(=O)c1ccc(N2CCCC2=O)cc1. The fourth-order valence-corrected chi connectivity index (χ4v) is 3.18. The number of hydrogen-bond acceptors (Lipinski definition) is 4. The zero-order valence-electron chi connectivity index (χ0n) is 16.0. The molecule has 146 valence electrons. The van der Waals surface area contributed by atoms with Gasteiger partial charge in [0.05, 0.1) is 5.56 Å². The Balaban J connectivity index is 1.54. The summed E-state index contributed by atoms with van der Waals surface area (Å²) in [6.45, 7) is 3.30. The number of ether oxygens (including phenoxy) is 1. The van der Waals surface area contributed by atoms with Crippen LogP contribution in [0.4, 0.5) is 5.69 Å². The van der Waals surface area contributed by atoms with Crippen molar-refractivity contribution < 1.29 is 19.1 Å². The number of nitrogens with zero attached hydrogens (tertiary/aromatic N) is 2. The molecule has 1 aliphatic rings. The Hall–Kier alpha value is -3.15. The molecule has 6 nitrogen and oxygen atoms in total. The Kier molecular flexibility index (Phi) is 6.42. The van der Waals surface area contributed by atoms with E-state index in [2.05, 4.69) is 0 Å². The molecule has 2 aromatic rings. The second-order valence-corrected chi connectivity index (χ2v) is 6.67. The number of esters is 1. The van der Waals surface area contributed by atoms with E-state index in [4.69, 9.17) is 4.74 Å². The molecule has 1 fully saturated rings. The van der Waals surface area contributed by atoms with Gasteiger partial charge in [-0.25, -0.2) is 4.79 Å². The molecule has 0 atom stereocenters. The van der Waals surface area contributed by atoms with E-state index >= 15 is 0 Å². The maximum atomic E-state index is 12.4. The van der Waals surface area contributed by atoms with Crippen LogP contribution in [-0.2, 0) is 20.9 Å². The number of amides is 2. The molecular weight excluding hydrogens is 356 g/mol. The number of rotatable bonds is 7. The van der Waals surface area contributed by atoms with E-state index in [-0.39, 0.29) is 18.4 Å². The predicted octanol–water partition coefficient (Wildman–Crippen LogP) is 3.02. The third-order valence-electron chi connectivity index (χ3n) is 4.77. The van der Waals surface area contributed by atoms with Crippen LogP contribution in [0, 0.1) is 0 Å². The summed E-state index contributed by atoms with van der Waals surface area (Å²) >= 11 is 0. The Labute approximate surface area is 164 Å². The maximum Gasteiger partial charge on any atom is 0.338 e. The number of carbonyl (C=O) groups excluding carboxylic acids is 3. The fraction of sp³-hybridized carbons (Fsp3) is 0.318. The van der Waals surface area contributed by atoms with E-state index in [1.54, 1.807) is 34.1 Å². The number of benzene rings is 2. The first-order valence-corrected chi connectivity index (χ1v) is 9.47. The average Bonchev–Trinajstić information content (AvgIpc) is 3.16. The first-order valence-electron chi connectivity index (χ1n) is 9.47. The van der Waals surface area contributed by atoms with Crippen molar-refractivity contribution in [3.63, 3.8) is 0 Å². The molecule has 1 heterocycles. The van der Waals surface area contributed by atoms with E-state index in [0.29, 0.717) is 31.6 Å². The van der Waals surface area contributed by atoms with Crippen LogP contribution >= 0.6 is 0 Å². The summed E-state index contributed by atoms with van der Waals surface area (Å²) in [5.41, 5.74) is 2.15. The molecule has 6 heteroatoms. The standard InChI is InChI=1S/C22H24N2O4/c1-2-23(15-17-7-4-3-5-8-17)21(26)16-28-22(27)18-10-12-19(13-11-18)24-14-6-9-20(24)25/h3-5,7-8,10-13H,2,6,9,14-16H2,1H3. The Morgan fingerprint density at radius 3 is 2.39 bits per heavy atom. The van der Waals surface area contributed by atoms with Crippen LogP contribution in [0.15, 0.2) is 54.6 Å². The lowest BCUT2D eigenvalue weighted by molar-refractivity contribution is -0.135. The largest absolute Gasteiger partial charge is 0.452 e. The van der Waals surface area contributed by atoms with Crippen LogP contribution in [-0.4, -0.2) is 42.4 Å². The highest BCUT2D eigenvalue weighted by Gasteiger charge is 2.22. The quantitative estimate of drug-likeness (QED) is 0.693. The molecule has 1 saturated heterocycles. The van der Waals surface area contributed by atoms with E-state index in [1.165, 1.54) is 0 Å². The van der Waals surface area contributed by atoms with Crippen LogP contribution in [0.2, 0.25) is 0 Å². The predicted molar refractivity (Wildman–Crippen MR) is 106 cm³/mol. The van der Waals surface area contributed by atoms with Crippen LogP contribution in [0.1, 0.15) is 35.7 Å². The highest BCUT2D eigenvalue weighted by Crippen LogP contribution is 2.21. The topological polar surface area (TPSA) is 66.9 Å². The van der Waals surface area contributed by atoms with Crippen LogP contribution in [0.25, 0.3) is 0 Å². The summed E-state index contributed by atoms with van der Waals surface area (Å²) in [7, 11) is 0. The first kappa shape index (κ1) is 19.6. The summed E-state index contributed by atoms with van der Waals surface area (Å²) in [4.78, 5) is 39.8. The van der Waals surface area contributed by atoms with Gasteiger partial charge < -0.3 is 14.5 Å². The molecule has 2 amide bonds. The van der Waals surface area contributed by atoms with Gasteiger partial charge in [0.25, 0.3) is 5.91 Å². The molecule has 0 spiro atoms. The van der Waals surface area contributed by atoms with Gasteiger partial charge in [-0.15, -0.1) is 0 Å². The monoisotopic (exact) mass is 380 g/mol. The van der Waals surface area contributed by atoms with Gasteiger partial charge in [0.15, 0.2) is 6.61 Å². The zero-order valence-corrected chi connectivity index (χ0v) is 16.0. The average molecular weight is 380 g/mol. The molecule has 0 N–H and O–H groups in total. The Morgan fingerprint density at radius 2 is 1.79 bits per heavy atom. The number of carbonyl (C=O) groups is 3. The summed E-state index contributed by atoms with van der Waals surface area (Å²) in [6.07, 6.45) is 1.41. The molecule has 0 aromatic heterocycles. The van der Waals surface area contributed by atoms with E-state index in [0.717, 1.165) is 17.7 Å². The Bertz CT molecular complexity index is 833. The molecule has 3 rings (SSSR count). The summed E-state index contributed by atoms with van der Waals surface area (Å²) in [6, 6.07) is 16.4. The van der Waals surface area contributed by atoms with Crippen molar-refractivity contribution in [2.45, 2.75) is 26.3 Å². The molecule has 2 aromatic carbocycles. The van der Waals surface area contributed by atoms with E-state index in [9.17, 15) is 14.4 Å².